The number of aliphatic hydroxyl groups is 8. The number of carbonyl (C=O) groups is 1. The van der Waals surface area contributed by atoms with Crippen LogP contribution in [-0.2, 0) is 23.7 Å². The molecule has 13 heteroatoms. The predicted octanol–water partition coefficient (Wildman–Crippen LogP) is -1.93. The van der Waals surface area contributed by atoms with Gasteiger partial charge in [0.1, 0.15) is 48.8 Å². The molecule has 2 heterocycles. The van der Waals surface area contributed by atoms with Gasteiger partial charge in [0.15, 0.2) is 17.8 Å². The molecule has 1 saturated carbocycles. The molecule has 4 rings (SSSR count). The van der Waals surface area contributed by atoms with Gasteiger partial charge < -0.3 is 59.8 Å². The van der Waals surface area contributed by atoms with Crippen LogP contribution in [0, 0.1) is 17.3 Å². The van der Waals surface area contributed by atoms with Gasteiger partial charge in [-0.05, 0) is 62.9 Å². The Labute approximate surface area is 232 Å². The maximum Gasteiger partial charge on any atom is 0.229 e. The molecule has 40 heavy (non-hydrogen) atoms. The number of allylic oxidation sites excluding steroid dienone is 2. The number of ketones is 1. The van der Waals surface area contributed by atoms with Crippen molar-refractivity contribution in [3.05, 3.63) is 11.3 Å². The maximum atomic E-state index is 13.2. The summed E-state index contributed by atoms with van der Waals surface area (Å²) in [6.45, 7) is 6.28. The third-order valence-electron chi connectivity index (χ3n) is 9.46. The summed E-state index contributed by atoms with van der Waals surface area (Å²) in [6, 6.07) is 0. The van der Waals surface area contributed by atoms with E-state index in [0.717, 1.165) is 0 Å². The molecule has 2 saturated heterocycles. The zero-order valence-electron chi connectivity index (χ0n) is 23.3. The maximum absolute atomic E-state index is 13.2. The normalized spacial score (nSPS) is 46.8. The molecule has 0 spiro atoms. The molecule has 0 aromatic carbocycles. The minimum absolute atomic E-state index is 0.0140. The third kappa shape index (κ3) is 5.71. The van der Waals surface area contributed by atoms with Gasteiger partial charge in [-0.2, -0.15) is 0 Å². The smallest absolute Gasteiger partial charge is 0.229 e. The average Bonchev–Trinajstić information content (AvgIpc) is 2.90. The van der Waals surface area contributed by atoms with E-state index in [1.807, 2.05) is 20.8 Å². The zero-order chi connectivity index (χ0) is 29.7. The van der Waals surface area contributed by atoms with Crippen molar-refractivity contribution < 1.29 is 64.6 Å². The van der Waals surface area contributed by atoms with Gasteiger partial charge in [-0.1, -0.05) is 6.92 Å². The fourth-order valence-corrected chi connectivity index (χ4v) is 6.73. The largest absolute Gasteiger partial charge is 0.458 e. The Morgan fingerprint density at radius 2 is 1.40 bits per heavy atom. The van der Waals surface area contributed by atoms with Crippen LogP contribution in [0.3, 0.4) is 0 Å². The summed E-state index contributed by atoms with van der Waals surface area (Å²) in [6.07, 6.45) is -12.3. The van der Waals surface area contributed by atoms with Crippen molar-refractivity contribution >= 4 is 5.78 Å². The van der Waals surface area contributed by atoms with Crippen LogP contribution >= 0.6 is 0 Å². The van der Waals surface area contributed by atoms with E-state index in [1.54, 1.807) is 6.92 Å². The first kappa shape index (κ1) is 31.7. The van der Waals surface area contributed by atoms with Gasteiger partial charge in [-0.25, -0.2) is 0 Å². The van der Waals surface area contributed by atoms with Crippen LogP contribution in [0.2, 0.25) is 0 Å². The second-order valence-electron chi connectivity index (χ2n) is 12.5. The summed E-state index contributed by atoms with van der Waals surface area (Å²) in [4.78, 5) is 13.2. The standard InChI is InChI=1S/C27H44O13/c1-11-13-7-12(26(2,3)40-25-22(36)20(34)18(32)16(10-29)38-25)5-6-27(13,4)8-14(30)23(11)39-24-21(35)19(33)17(31)15(9-28)37-24/h12-13,15-22,24-25,28-29,31-36H,5-10H2,1-4H3/t12-,13+,15-,16-,17-,18-,19+,20+,21-,22-,24+,25+,27-/m1/s1. The summed E-state index contributed by atoms with van der Waals surface area (Å²) >= 11 is 0. The van der Waals surface area contributed by atoms with E-state index < -0.39 is 80.2 Å². The van der Waals surface area contributed by atoms with Gasteiger partial charge in [0.05, 0.1) is 18.8 Å². The lowest BCUT2D eigenvalue weighted by molar-refractivity contribution is -0.330. The van der Waals surface area contributed by atoms with Gasteiger partial charge >= 0.3 is 0 Å². The van der Waals surface area contributed by atoms with Crippen molar-refractivity contribution in [2.45, 2.75) is 120 Å². The SMILES string of the molecule is CC1=C(O[C@@H]2O[C@H](CO)[C@@H](O)[C@H](O)[C@H]2O)C(=O)C[C@@]2(C)CC[C@@H](C(C)(C)O[C@@H]3O[C@H](CO)[C@@H](O)[C@H](O)[C@H]3O)C[C@@H]12. The van der Waals surface area contributed by atoms with Gasteiger partial charge in [-0.15, -0.1) is 0 Å². The van der Waals surface area contributed by atoms with E-state index in [4.69, 9.17) is 18.9 Å². The Morgan fingerprint density at radius 3 is 1.95 bits per heavy atom. The highest BCUT2D eigenvalue weighted by Crippen LogP contribution is 2.55. The van der Waals surface area contributed by atoms with E-state index in [-0.39, 0.29) is 35.2 Å². The van der Waals surface area contributed by atoms with Crippen LogP contribution in [0.5, 0.6) is 0 Å². The van der Waals surface area contributed by atoms with Crippen molar-refractivity contribution in [3.8, 4) is 0 Å². The number of hydrogen-bond acceptors (Lipinski definition) is 13. The molecule has 0 amide bonds. The van der Waals surface area contributed by atoms with E-state index in [9.17, 15) is 45.6 Å². The number of carbonyl (C=O) groups excluding carboxylic acids is 1. The summed E-state index contributed by atoms with van der Waals surface area (Å²) in [5.74, 6) is -0.486. The number of aliphatic hydroxyl groups excluding tert-OH is 8. The van der Waals surface area contributed by atoms with Gasteiger partial charge in [0.2, 0.25) is 6.29 Å². The van der Waals surface area contributed by atoms with Gasteiger partial charge in [0.25, 0.3) is 0 Å². The lowest BCUT2D eigenvalue weighted by atomic mass is 9.56. The molecule has 13 atom stereocenters. The van der Waals surface area contributed by atoms with E-state index in [2.05, 4.69) is 0 Å². The second-order valence-corrected chi connectivity index (χ2v) is 12.5. The molecule has 0 bridgehead atoms. The van der Waals surface area contributed by atoms with Crippen LogP contribution in [-0.4, -0.2) is 127 Å². The lowest BCUT2D eigenvalue weighted by Gasteiger charge is -2.52. The molecule has 2 aliphatic carbocycles. The van der Waals surface area contributed by atoms with E-state index in [1.165, 1.54) is 0 Å². The van der Waals surface area contributed by atoms with Crippen molar-refractivity contribution in [2.24, 2.45) is 17.3 Å². The first-order chi connectivity index (χ1) is 18.6. The Bertz CT molecular complexity index is 951. The lowest BCUT2D eigenvalue weighted by Crippen LogP contribution is -2.61. The fourth-order valence-electron chi connectivity index (χ4n) is 6.73. The van der Waals surface area contributed by atoms with Crippen molar-refractivity contribution in [3.63, 3.8) is 0 Å². The quantitative estimate of drug-likeness (QED) is 0.166. The Kier molecular flexibility index (Phi) is 9.36. The van der Waals surface area contributed by atoms with Crippen LogP contribution in [0.25, 0.3) is 0 Å². The highest BCUT2D eigenvalue weighted by molar-refractivity contribution is 5.95. The molecule has 2 aliphatic heterocycles. The predicted molar refractivity (Wildman–Crippen MR) is 135 cm³/mol. The van der Waals surface area contributed by atoms with Crippen LogP contribution in [0.1, 0.15) is 53.4 Å². The molecule has 230 valence electrons. The highest BCUT2D eigenvalue weighted by Gasteiger charge is 2.53. The Morgan fingerprint density at radius 1 is 0.875 bits per heavy atom. The molecule has 8 N–H and O–H groups in total. The molecule has 4 aliphatic rings. The molecular formula is C27H44O13. The van der Waals surface area contributed by atoms with Crippen molar-refractivity contribution in [2.75, 3.05) is 13.2 Å². The van der Waals surface area contributed by atoms with Crippen molar-refractivity contribution in [1.82, 2.24) is 0 Å². The number of ether oxygens (including phenoxy) is 4. The first-order valence-electron chi connectivity index (χ1n) is 13.8. The first-order valence-corrected chi connectivity index (χ1v) is 13.8. The molecule has 0 aromatic heterocycles. The van der Waals surface area contributed by atoms with Crippen LogP contribution in [0.15, 0.2) is 11.3 Å². The third-order valence-corrected chi connectivity index (χ3v) is 9.46. The molecule has 0 aromatic rings. The monoisotopic (exact) mass is 576 g/mol. The number of fused-ring (bicyclic) bond motifs is 1. The second kappa shape index (κ2) is 11.8. The summed E-state index contributed by atoms with van der Waals surface area (Å²) in [7, 11) is 0. The number of hydrogen-bond donors (Lipinski definition) is 8. The van der Waals surface area contributed by atoms with Crippen molar-refractivity contribution in [1.29, 1.82) is 0 Å². The Hall–Kier alpha value is -1.23. The molecule has 3 fully saturated rings. The van der Waals surface area contributed by atoms with Gasteiger partial charge in [0, 0.05) is 6.42 Å². The van der Waals surface area contributed by atoms with E-state index >= 15 is 0 Å². The summed E-state index contributed by atoms with van der Waals surface area (Å²) in [5.41, 5.74) is -0.613. The van der Waals surface area contributed by atoms with Gasteiger partial charge in [-0.3, -0.25) is 4.79 Å². The summed E-state index contributed by atoms with van der Waals surface area (Å²) in [5, 5.41) is 80.4. The van der Waals surface area contributed by atoms with E-state index in [0.29, 0.717) is 24.8 Å². The Balaban J connectivity index is 1.53. The molecule has 0 unspecified atom stereocenters. The average molecular weight is 577 g/mol. The molecule has 13 nitrogen and oxygen atoms in total. The fraction of sp³-hybridized carbons (Fsp3) is 0.889. The minimum atomic E-state index is -1.65. The topological polar surface area (TPSA) is 216 Å². The van der Waals surface area contributed by atoms with Crippen LogP contribution in [0.4, 0.5) is 0 Å². The molecular weight excluding hydrogens is 532 g/mol. The zero-order valence-corrected chi connectivity index (χ0v) is 23.3. The number of Topliss-reactive ketones (excluding diaryl/α,β-unsaturated/α-hetero) is 1. The molecule has 0 radical (unpaired) electrons. The highest BCUT2D eigenvalue weighted by atomic mass is 16.7. The summed E-state index contributed by atoms with van der Waals surface area (Å²) < 4.78 is 23.0. The number of rotatable bonds is 7. The minimum Gasteiger partial charge on any atom is -0.458 e. The van der Waals surface area contributed by atoms with Crippen LogP contribution < -0.4 is 0 Å².